The number of amides is 1. The maximum absolute atomic E-state index is 11.9. The molecule has 1 aromatic carbocycles. The molecule has 110 valence electrons. The van der Waals surface area contributed by atoms with Gasteiger partial charge in [-0.25, -0.2) is 0 Å². The first-order valence-electron chi connectivity index (χ1n) is 6.79. The lowest BCUT2D eigenvalue weighted by Crippen LogP contribution is -2.56. The number of carbonyl (C=O) groups is 1. The Bertz CT molecular complexity index is 478. The van der Waals surface area contributed by atoms with Gasteiger partial charge >= 0.3 is 0 Å². The lowest BCUT2D eigenvalue weighted by atomic mass is 9.96. The average molecular weight is 278 g/mol. The van der Waals surface area contributed by atoms with Crippen molar-refractivity contribution in [1.29, 1.82) is 0 Å². The maximum Gasteiger partial charge on any atom is 0.240 e. The second kappa shape index (κ2) is 6.24. The summed E-state index contributed by atoms with van der Waals surface area (Å²) < 4.78 is 10.5. The van der Waals surface area contributed by atoms with E-state index in [2.05, 4.69) is 4.90 Å². The van der Waals surface area contributed by atoms with E-state index in [1.165, 1.54) is 0 Å². The van der Waals surface area contributed by atoms with E-state index in [9.17, 15) is 4.79 Å². The van der Waals surface area contributed by atoms with Crippen molar-refractivity contribution in [3.63, 3.8) is 0 Å². The summed E-state index contributed by atoms with van der Waals surface area (Å²) in [5.74, 6) is 0.512. The minimum atomic E-state index is -0.683. The fraction of sp³-hybridized carbons (Fsp3) is 0.533. The molecule has 0 spiro atoms. The number of ether oxygens (including phenoxy) is 2. The zero-order chi connectivity index (χ0) is 14.6. The average Bonchev–Trinajstić information content (AvgIpc) is 2.84. The highest BCUT2D eigenvalue weighted by atomic mass is 16.5. The van der Waals surface area contributed by atoms with E-state index in [0.29, 0.717) is 13.2 Å². The number of primary amides is 1. The SMILES string of the molecule is COCC1(C(N)=O)CCCN1Cc1cccc(OC)c1. The van der Waals surface area contributed by atoms with Crippen LogP contribution in [0.5, 0.6) is 5.75 Å². The molecule has 1 heterocycles. The number of likely N-dealkylation sites (tertiary alicyclic amines) is 1. The molecule has 1 aliphatic rings. The predicted octanol–water partition coefficient (Wildman–Crippen LogP) is 1.16. The van der Waals surface area contributed by atoms with Crippen LogP contribution in [0.4, 0.5) is 0 Å². The fourth-order valence-corrected chi connectivity index (χ4v) is 2.91. The van der Waals surface area contributed by atoms with Crippen LogP contribution in [0.25, 0.3) is 0 Å². The first-order valence-corrected chi connectivity index (χ1v) is 6.79. The van der Waals surface area contributed by atoms with E-state index >= 15 is 0 Å². The van der Waals surface area contributed by atoms with Gasteiger partial charge in [-0.05, 0) is 37.1 Å². The molecule has 1 amide bonds. The van der Waals surface area contributed by atoms with Crippen molar-refractivity contribution in [1.82, 2.24) is 4.90 Å². The van der Waals surface area contributed by atoms with Crippen LogP contribution >= 0.6 is 0 Å². The summed E-state index contributed by atoms with van der Waals surface area (Å²) in [7, 11) is 3.25. The molecular weight excluding hydrogens is 256 g/mol. The number of hydrogen-bond donors (Lipinski definition) is 1. The van der Waals surface area contributed by atoms with Crippen molar-refractivity contribution in [3.05, 3.63) is 29.8 Å². The molecule has 0 bridgehead atoms. The third kappa shape index (κ3) is 2.78. The van der Waals surface area contributed by atoms with Gasteiger partial charge in [-0.1, -0.05) is 12.1 Å². The van der Waals surface area contributed by atoms with Crippen LogP contribution in [-0.4, -0.2) is 43.7 Å². The molecule has 5 heteroatoms. The van der Waals surface area contributed by atoms with Crippen molar-refractivity contribution in [3.8, 4) is 5.75 Å². The number of methoxy groups -OCH3 is 2. The summed E-state index contributed by atoms with van der Waals surface area (Å²) in [4.78, 5) is 14.0. The zero-order valence-electron chi connectivity index (χ0n) is 12.1. The highest BCUT2D eigenvalue weighted by Gasteiger charge is 2.46. The second-order valence-electron chi connectivity index (χ2n) is 5.21. The van der Waals surface area contributed by atoms with Crippen LogP contribution in [0.1, 0.15) is 18.4 Å². The first-order chi connectivity index (χ1) is 9.62. The molecule has 2 rings (SSSR count). The minimum absolute atomic E-state index is 0.306. The molecule has 1 unspecified atom stereocenters. The van der Waals surface area contributed by atoms with E-state index < -0.39 is 5.54 Å². The van der Waals surface area contributed by atoms with Gasteiger partial charge in [0, 0.05) is 13.7 Å². The van der Waals surface area contributed by atoms with E-state index in [4.69, 9.17) is 15.2 Å². The van der Waals surface area contributed by atoms with Crippen molar-refractivity contribution in [2.45, 2.75) is 24.9 Å². The Balaban J connectivity index is 2.19. The number of benzene rings is 1. The number of nitrogens with two attached hydrogens (primary N) is 1. The van der Waals surface area contributed by atoms with Crippen LogP contribution in [-0.2, 0) is 16.1 Å². The molecular formula is C15H22N2O3. The summed E-state index contributed by atoms with van der Waals surface area (Å²) in [6.07, 6.45) is 1.70. The number of nitrogens with zero attached hydrogens (tertiary/aromatic N) is 1. The van der Waals surface area contributed by atoms with Gasteiger partial charge in [-0.3, -0.25) is 9.69 Å². The Labute approximate surface area is 119 Å². The van der Waals surface area contributed by atoms with Gasteiger partial charge in [0.2, 0.25) is 5.91 Å². The van der Waals surface area contributed by atoms with Gasteiger partial charge in [0.1, 0.15) is 11.3 Å². The quantitative estimate of drug-likeness (QED) is 0.848. The van der Waals surface area contributed by atoms with Crippen LogP contribution in [0, 0.1) is 0 Å². The van der Waals surface area contributed by atoms with Crippen LogP contribution in [0.3, 0.4) is 0 Å². The molecule has 0 aromatic heterocycles. The van der Waals surface area contributed by atoms with Gasteiger partial charge in [-0.2, -0.15) is 0 Å². The van der Waals surface area contributed by atoms with Gasteiger partial charge in [-0.15, -0.1) is 0 Å². The largest absolute Gasteiger partial charge is 0.497 e. The van der Waals surface area contributed by atoms with E-state index in [-0.39, 0.29) is 5.91 Å². The third-order valence-corrected chi connectivity index (χ3v) is 3.97. The van der Waals surface area contributed by atoms with Crippen LogP contribution in [0.15, 0.2) is 24.3 Å². The van der Waals surface area contributed by atoms with Crippen molar-refractivity contribution in [2.24, 2.45) is 5.73 Å². The monoisotopic (exact) mass is 278 g/mol. The molecule has 0 radical (unpaired) electrons. The molecule has 2 N–H and O–H groups in total. The predicted molar refractivity (Wildman–Crippen MR) is 76.4 cm³/mol. The second-order valence-corrected chi connectivity index (χ2v) is 5.21. The number of rotatable bonds is 6. The molecule has 1 atom stereocenters. The van der Waals surface area contributed by atoms with Gasteiger partial charge in [0.25, 0.3) is 0 Å². The zero-order valence-corrected chi connectivity index (χ0v) is 12.1. The molecule has 1 saturated heterocycles. The van der Waals surface area contributed by atoms with E-state index in [1.807, 2.05) is 24.3 Å². The smallest absolute Gasteiger partial charge is 0.240 e. The topological polar surface area (TPSA) is 64.8 Å². The normalized spacial score (nSPS) is 22.9. The van der Waals surface area contributed by atoms with Crippen LogP contribution in [0.2, 0.25) is 0 Å². The number of hydrogen-bond acceptors (Lipinski definition) is 4. The lowest BCUT2D eigenvalue weighted by Gasteiger charge is -2.35. The summed E-state index contributed by atoms with van der Waals surface area (Å²) in [5.41, 5.74) is 6.06. The maximum atomic E-state index is 11.9. The molecule has 1 aromatic rings. The Morgan fingerprint density at radius 3 is 2.90 bits per heavy atom. The molecule has 1 aliphatic heterocycles. The summed E-state index contributed by atoms with van der Waals surface area (Å²) in [5, 5.41) is 0. The van der Waals surface area contributed by atoms with Crippen molar-refractivity contribution >= 4 is 5.91 Å². The van der Waals surface area contributed by atoms with Crippen molar-refractivity contribution < 1.29 is 14.3 Å². The molecule has 0 aliphatic carbocycles. The Morgan fingerprint density at radius 2 is 2.25 bits per heavy atom. The Morgan fingerprint density at radius 1 is 1.45 bits per heavy atom. The molecule has 20 heavy (non-hydrogen) atoms. The highest BCUT2D eigenvalue weighted by molar-refractivity contribution is 5.85. The fourth-order valence-electron chi connectivity index (χ4n) is 2.91. The molecule has 5 nitrogen and oxygen atoms in total. The van der Waals surface area contributed by atoms with E-state index in [0.717, 1.165) is 30.7 Å². The highest BCUT2D eigenvalue weighted by Crippen LogP contribution is 2.31. The molecule has 0 saturated carbocycles. The summed E-state index contributed by atoms with van der Waals surface area (Å²) >= 11 is 0. The molecule has 1 fully saturated rings. The summed E-state index contributed by atoms with van der Waals surface area (Å²) in [6, 6.07) is 7.87. The van der Waals surface area contributed by atoms with Gasteiger partial charge < -0.3 is 15.2 Å². The number of carbonyl (C=O) groups excluding carboxylic acids is 1. The van der Waals surface area contributed by atoms with Gasteiger partial charge in [0.15, 0.2) is 0 Å². The van der Waals surface area contributed by atoms with Crippen molar-refractivity contribution in [2.75, 3.05) is 27.4 Å². The Hall–Kier alpha value is -1.59. The first kappa shape index (κ1) is 14.8. The third-order valence-electron chi connectivity index (χ3n) is 3.97. The summed E-state index contributed by atoms with van der Waals surface area (Å²) in [6.45, 7) is 1.86. The lowest BCUT2D eigenvalue weighted by molar-refractivity contribution is -0.132. The van der Waals surface area contributed by atoms with E-state index in [1.54, 1.807) is 14.2 Å². The van der Waals surface area contributed by atoms with Gasteiger partial charge in [0.05, 0.1) is 13.7 Å². The standard InChI is InChI=1S/C15H22N2O3/c1-19-11-15(14(16)18)7-4-8-17(15)10-12-5-3-6-13(9-12)20-2/h3,5-6,9H,4,7-8,10-11H2,1-2H3,(H2,16,18). The van der Waals surface area contributed by atoms with Crippen LogP contribution < -0.4 is 10.5 Å². The minimum Gasteiger partial charge on any atom is -0.497 e. The Kier molecular flexibility index (Phi) is 4.62.